The number of carbonyl (C=O) groups is 2. The third-order valence-electron chi connectivity index (χ3n) is 7.07. The average molecular weight is 604 g/mol. The number of halogens is 1. The highest BCUT2D eigenvalue weighted by atomic mass is 32.2. The van der Waals surface area contributed by atoms with Crippen molar-refractivity contribution in [2.45, 2.75) is 51.5 Å². The lowest BCUT2D eigenvalue weighted by Gasteiger charge is -2.27. The summed E-state index contributed by atoms with van der Waals surface area (Å²) >= 11 is 1.22. The fraction of sp³-hybridized carbons (Fsp3) is 0.429. The number of aryl methyl sites for hydroxylation is 3. The first-order valence-corrected chi connectivity index (χ1v) is 15.4. The third kappa shape index (κ3) is 6.91. The molecular weight excluding hydrogens is 569 g/mol. The van der Waals surface area contributed by atoms with E-state index in [9.17, 15) is 22.4 Å². The maximum absolute atomic E-state index is 14.4. The maximum Gasteiger partial charge on any atom is 0.303 e. The molecule has 4 rings (SSSR count). The van der Waals surface area contributed by atoms with Crippen molar-refractivity contribution in [2.75, 3.05) is 27.7 Å². The molecule has 1 N–H and O–H groups in total. The number of ether oxygens (including phenoxy) is 1. The van der Waals surface area contributed by atoms with Crippen molar-refractivity contribution in [1.82, 2.24) is 23.9 Å². The molecule has 13 heteroatoms. The number of pyridine rings is 1. The molecule has 1 aromatic carbocycles. The van der Waals surface area contributed by atoms with Crippen molar-refractivity contribution < 1.29 is 27.1 Å². The van der Waals surface area contributed by atoms with Crippen LogP contribution < -0.4 is 9.46 Å². The van der Waals surface area contributed by atoms with E-state index in [0.29, 0.717) is 59.1 Å². The molecule has 1 fully saturated rings. The summed E-state index contributed by atoms with van der Waals surface area (Å²) in [6, 6.07) is 8.55. The Bertz CT molecular complexity index is 1540. The lowest BCUT2D eigenvalue weighted by molar-refractivity contribution is -0.134. The summed E-state index contributed by atoms with van der Waals surface area (Å²) in [5.74, 6) is -0.649. The van der Waals surface area contributed by atoms with Gasteiger partial charge in [0.2, 0.25) is 5.91 Å². The Morgan fingerprint density at radius 1 is 1.17 bits per heavy atom. The molecule has 0 radical (unpaired) electrons. The van der Waals surface area contributed by atoms with Crippen molar-refractivity contribution in [3.63, 3.8) is 0 Å². The molecule has 0 atom stereocenters. The van der Waals surface area contributed by atoms with Crippen LogP contribution in [-0.2, 0) is 33.4 Å². The maximum atomic E-state index is 14.4. The van der Waals surface area contributed by atoms with Crippen LogP contribution in [-0.4, -0.2) is 67.2 Å². The van der Waals surface area contributed by atoms with Gasteiger partial charge in [-0.3, -0.25) is 14.6 Å². The first-order valence-electron chi connectivity index (χ1n) is 13.1. The molecule has 1 aliphatic rings. The molecule has 10 nitrogen and oxygen atoms in total. The van der Waals surface area contributed by atoms with E-state index >= 15 is 0 Å². The van der Waals surface area contributed by atoms with Crippen LogP contribution in [0.15, 0.2) is 36.5 Å². The molecule has 0 saturated heterocycles. The number of benzene rings is 1. The Hall–Kier alpha value is -3.42. The molecule has 220 valence electrons. The fourth-order valence-electron chi connectivity index (χ4n) is 4.55. The topological polar surface area (TPSA) is 122 Å². The Morgan fingerprint density at radius 3 is 2.51 bits per heavy atom. The molecule has 1 aliphatic carbocycles. The summed E-state index contributed by atoms with van der Waals surface area (Å²) in [5, 5.41) is 0.489. The monoisotopic (exact) mass is 603 g/mol. The summed E-state index contributed by atoms with van der Waals surface area (Å²) in [5.41, 5.74) is 1.41. The van der Waals surface area contributed by atoms with Gasteiger partial charge in [-0.2, -0.15) is 12.7 Å². The SMILES string of the molecule is COc1ccc(C2(C(=O)N(CCCc3cc(C)ccc3F)Cc3nc(C(=O)NS(=O)(=O)N(C)C)c(C)s3)CC2)nc1. The molecule has 0 aliphatic heterocycles. The molecule has 0 spiro atoms. The predicted molar refractivity (Wildman–Crippen MR) is 153 cm³/mol. The Balaban J connectivity index is 1.57. The van der Waals surface area contributed by atoms with Gasteiger partial charge in [-0.1, -0.05) is 17.7 Å². The number of hydrogen-bond acceptors (Lipinski definition) is 8. The van der Waals surface area contributed by atoms with E-state index in [-0.39, 0.29) is 24.0 Å². The number of carbonyl (C=O) groups excluding carboxylic acids is 2. The summed E-state index contributed by atoms with van der Waals surface area (Å²) < 4.78 is 46.8. The van der Waals surface area contributed by atoms with Crippen molar-refractivity contribution in [3.05, 3.63) is 74.7 Å². The number of aromatic nitrogens is 2. The van der Waals surface area contributed by atoms with Gasteiger partial charge in [0.25, 0.3) is 5.91 Å². The first kappa shape index (κ1) is 30.5. The number of thiazole rings is 1. The predicted octanol–water partition coefficient (Wildman–Crippen LogP) is 3.53. The molecular formula is C28H34FN5O5S2. The normalized spacial score (nSPS) is 14.1. The van der Waals surface area contributed by atoms with Gasteiger partial charge in [0.1, 0.15) is 22.3 Å². The number of hydrogen-bond donors (Lipinski definition) is 1. The number of nitrogens with zero attached hydrogens (tertiary/aromatic N) is 4. The van der Waals surface area contributed by atoms with Crippen LogP contribution >= 0.6 is 11.3 Å². The molecule has 2 heterocycles. The van der Waals surface area contributed by atoms with E-state index in [0.717, 1.165) is 9.87 Å². The Labute approximate surface area is 243 Å². The van der Waals surface area contributed by atoms with Gasteiger partial charge in [0.15, 0.2) is 0 Å². The highest BCUT2D eigenvalue weighted by Crippen LogP contribution is 2.49. The van der Waals surface area contributed by atoms with Crippen LogP contribution in [0.1, 0.15) is 56.5 Å². The second-order valence-corrected chi connectivity index (χ2v) is 13.5. The van der Waals surface area contributed by atoms with E-state index in [1.165, 1.54) is 31.5 Å². The largest absolute Gasteiger partial charge is 0.495 e. The smallest absolute Gasteiger partial charge is 0.303 e. The van der Waals surface area contributed by atoms with E-state index in [1.54, 1.807) is 43.3 Å². The van der Waals surface area contributed by atoms with Crippen LogP contribution in [0, 0.1) is 19.7 Å². The lowest BCUT2D eigenvalue weighted by atomic mass is 9.99. The van der Waals surface area contributed by atoms with Gasteiger partial charge in [-0.05, 0) is 63.3 Å². The molecule has 41 heavy (non-hydrogen) atoms. The summed E-state index contributed by atoms with van der Waals surface area (Å²) in [6.45, 7) is 4.03. The van der Waals surface area contributed by atoms with E-state index in [4.69, 9.17) is 4.74 Å². The van der Waals surface area contributed by atoms with Crippen LogP contribution in [0.4, 0.5) is 4.39 Å². The third-order valence-corrected chi connectivity index (χ3v) is 9.43. The standard InChI is InChI=1S/C28H34FN5O5S2/c1-18-8-10-22(29)20(15-18)7-6-14-34(27(36)28(12-13-28)23-11-9-21(39-5)16-30-23)17-24-31-25(19(2)40-24)26(35)32-41(37,38)33(3)4/h8-11,15-16H,6-7,12-14,17H2,1-5H3,(H,32,35). The highest BCUT2D eigenvalue weighted by Gasteiger charge is 2.54. The molecule has 3 aromatic rings. The van der Waals surface area contributed by atoms with Crippen LogP contribution in [0.2, 0.25) is 0 Å². The zero-order valence-electron chi connectivity index (χ0n) is 23.7. The first-order chi connectivity index (χ1) is 19.4. The summed E-state index contributed by atoms with van der Waals surface area (Å²) in [4.78, 5) is 37.8. The number of nitrogens with one attached hydrogen (secondary N) is 1. The molecule has 2 amide bonds. The fourth-order valence-corrected chi connectivity index (χ4v) is 6.01. The number of amides is 2. The minimum atomic E-state index is -3.99. The van der Waals surface area contributed by atoms with Crippen molar-refractivity contribution in [1.29, 1.82) is 0 Å². The second kappa shape index (κ2) is 12.2. The minimum absolute atomic E-state index is 0.0115. The number of rotatable bonds is 12. The van der Waals surface area contributed by atoms with Crippen LogP contribution in [0.25, 0.3) is 0 Å². The van der Waals surface area contributed by atoms with E-state index < -0.39 is 21.5 Å². The molecule has 1 saturated carbocycles. The van der Waals surface area contributed by atoms with Gasteiger partial charge < -0.3 is 9.64 Å². The van der Waals surface area contributed by atoms with Gasteiger partial charge in [0, 0.05) is 25.5 Å². The van der Waals surface area contributed by atoms with Crippen LogP contribution in [0.3, 0.4) is 0 Å². The summed E-state index contributed by atoms with van der Waals surface area (Å²) in [6.07, 6.45) is 3.82. The van der Waals surface area contributed by atoms with E-state index in [1.807, 2.05) is 17.7 Å². The summed E-state index contributed by atoms with van der Waals surface area (Å²) in [7, 11) is 0.179. The second-order valence-electron chi connectivity index (χ2n) is 10.3. The Kier molecular flexibility index (Phi) is 9.10. The number of methoxy groups -OCH3 is 1. The molecule has 2 aromatic heterocycles. The molecule has 0 bridgehead atoms. The zero-order chi connectivity index (χ0) is 29.9. The Morgan fingerprint density at radius 2 is 1.90 bits per heavy atom. The minimum Gasteiger partial charge on any atom is -0.495 e. The van der Waals surface area contributed by atoms with Gasteiger partial charge in [-0.25, -0.2) is 14.1 Å². The van der Waals surface area contributed by atoms with Crippen molar-refractivity contribution in [3.8, 4) is 5.75 Å². The highest BCUT2D eigenvalue weighted by molar-refractivity contribution is 7.87. The lowest BCUT2D eigenvalue weighted by Crippen LogP contribution is -2.40. The van der Waals surface area contributed by atoms with Gasteiger partial charge in [0.05, 0.1) is 31.0 Å². The van der Waals surface area contributed by atoms with Crippen LogP contribution in [0.5, 0.6) is 5.75 Å². The zero-order valence-corrected chi connectivity index (χ0v) is 25.4. The van der Waals surface area contributed by atoms with Gasteiger partial charge in [-0.15, -0.1) is 11.3 Å². The van der Waals surface area contributed by atoms with Crippen molar-refractivity contribution >= 4 is 33.4 Å². The van der Waals surface area contributed by atoms with E-state index in [2.05, 4.69) is 9.97 Å². The quantitative estimate of drug-likeness (QED) is 0.336. The van der Waals surface area contributed by atoms with Gasteiger partial charge >= 0.3 is 10.2 Å². The molecule has 0 unspecified atom stereocenters. The van der Waals surface area contributed by atoms with Crippen molar-refractivity contribution in [2.24, 2.45) is 0 Å². The average Bonchev–Trinajstić information content (AvgIpc) is 3.66.